The fraction of sp³-hybridized carbons (Fsp3) is 0.879. The number of carbonyl (C=O) groups excluding carboxylic acids is 12. The predicted molar refractivity (Wildman–Crippen MR) is 479 cm³/mol. The maximum Gasteiger partial charge on any atom is 0.308 e. The van der Waals surface area contributed by atoms with Crippen LogP contribution in [0.15, 0.2) is 0 Å². The second-order valence-electron chi connectivity index (χ2n) is 34.2. The van der Waals surface area contributed by atoms with Crippen LogP contribution in [0.5, 0.6) is 0 Å². The molecule has 0 aliphatic heterocycles. The maximum absolute atomic E-state index is 14.6. The molecular weight excluding hydrogens is 1570 g/mol. The monoisotopic (exact) mass is 1750 g/mol. The summed E-state index contributed by atoms with van der Waals surface area (Å²) in [5.74, 6) is -13.4. The second kappa shape index (κ2) is 79.1. The molecule has 0 spiro atoms. The molecule has 0 amide bonds. The number of ether oxygens (including phenoxy) is 12. The summed E-state index contributed by atoms with van der Waals surface area (Å²) in [6.07, 6.45) is 24.1. The van der Waals surface area contributed by atoms with E-state index in [9.17, 15) is 57.5 Å². The van der Waals surface area contributed by atoms with Gasteiger partial charge in [-0.15, -0.1) is 0 Å². The molecule has 0 N–H and O–H groups in total. The minimum atomic E-state index is -0.815. The third-order valence-electron chi connectivity index (χ3n) is 23.5. The van der Waals surface area contributed by atoms with Gasteiger partial charge in [-0.2, -0.15) is 0 Å². The van der Waals surface area contributed by atoms with Crippen LogP contribution in [-0.4, -0.2) is 151 Å². The highest BCUT2D eigenvalue weighted by Gasteiger charge is 2.37. The summed E-state index contributed by atoms with van der Waals surface area (Å²) in [5.41, 5.74) is 0. The summed E-state index contributed by atoms with van der Waals surface area (Å²) >= 11 is 0. The van der Waals surface area contributed by atoms with E-state index in [1.54, 1.807) is 0 Å². The zero-order valence-corrected chi connectivity index (χ0v) is 79.9. The molecule has 12 unspecified atom stereocenters. The molecule has 123 heavy (non-hydrogen) atoms. The van der Waals surface area contributed by atoms with Crippen LogP contribution >= 0.6 is 0 Å². The van der Waals surface area contributed by atoms with Gasteiger partial charge in [0.15, 0.2) is 0 Å². The van der Waals surface area contributed by atoms with E-state index in [4.69, 9.17) is 56.8 Å². The number of hydrogen-bond donors (Lipinski definition) is 0. The molecule has 0 aromatic carbocycles. The molecular formula is C99H176O24. The van der Waals surface area contributed by atoms with Gasteiger partial charge in [-0.25, -0.2) is 0 Å². The number of rotatable bonds is 84. The summed E-state index contributed by atoms with van der Waals surface area (Å²) in [5, 5.41) is 0. The van der Waals surface area contributed by atoms with Gasteiger partial charge >= 0.3 is 71.6 Å². The van der Waals surface area contributed by atoms with Crippen LogP contribution in [0.2, 0.25) is 0 Å². The lowest BCUT2D eigenvalue weighted by Gasteiger charge is -2.25. The summed E-state index contributed by atoms with van der Waals surface area (Å²) in [7, 11) is 0. The van der Waals surface area contributed by atoms with Crippen LogP contribution in [0, 0.1) is 71.0 Å². The van der Waals surface area contributed by atoms with E-state index in [-0.39, 0.29) is 200 Å². The molecule has 24 nitrogen and oxygen atoms in total. The SMILES string of the molecule is CCCCOC(=O)C(CC)CCC(CCC(CCC(CCC(CCC(CCC(CCC(CCC(CCC(CCC(CCC(CCC)C(=O)OCCCC)C(=O)OCCCC)C(=O)OCCCC)C(=O)OCCCC)C(=O)OCCCC)C(=O)OCCCC)C(=O)OCCCC)C(=O)OCCCC)C(=O)OCCCC)C(=O)OCCCC)C(=O)OCCCC. The predicted octanol–water partition coefficient (Wildman–Crippen LogP) is 22.3. The summed E-state index contributed by atoms with van der Waals surface area (Å²) in [4.78, 5) is 170. The van der Waals surface area contributed by atoms with Gasteiger partial charge in [-0.05, 0) is 231 Å². The quantitative estimate of drug-likeness (QED) is 0.0310. The Labute approximate surface area is 744 Å². The number of hydrogen-bond acceptors (Lipinski definition) is 24. The lowest BCUT2D eigenvalue weighted by Crippen LogP contribution is -2.28. The Balaban J connectivity index is 7.78. The highest BCUT2D eigenvalue weighted by atomic mass is 16.6. The first-order valence-electron chi connectivity index (χ1n) is 49.5. The minimum absolute atomic E-state index is 0.146. The average molecular weight is 1750 g/mol. The first-order chi connectivity index (χ1) is 59.5. The molecule has 0 aliphatic carbocycles. The largest absolute Gasteiger partial charge is 0.465 e. The van der Waals surface area contributed by atoms with Crippen LogP contribution < -0.4 is 0 Å². The van der Waals surface area contributed by atoms with Gasteiger partial charge in [-0.1, -0.05) is 180 Å². The average Bonchev–Trinajstić information content (AvgIpc) is 0.881. The van der Waals surface area contributed by atoms with Crippen molar-refractivity contribution in [2.75, 3.05) is 79.3 Å². The lowest BCUT2D eigenvalue weighted by atomic mass is 9.82. The molecule has 0 saturated carbocycles. The molecule has 0 aromatic rings. The summed E-state index contributed by atoms with van der Waals surface area (Å²) in [6, 6.07) is 0. The van der Waals surface area contributed by atoms with Crippen LogP contribution in [0.4, 0.5) is 0 Å². The van der Waals surface area contributed by atoms with Crippen LogP contribution in [-0.2, 0) is 114 Å². The van der Waals surface area contributed by atoms with Crippen molar-refractivity contribution in [3.63, 3.8) is 0 Å². The van der Waals surface area contributed by atoms with Crippen LogP contribution in [0.25, 0.3) is 0 Å². The van der Waals surface area contributed by atoms with Crippen LogP contribution in [0.1, 0.15) is 412 Å². The number of unbranched alkanes of at least 4 members (excludes halogenated alkanes) is 12. The molecule has 0 fully saturated rings. The van der Waals surface area contributed by atoms with Gasteiger partial charge in [0.2, 0.25) is 0 Å². The second-order valence-corrected chi connectivity index (χ2v) is 34.2. The van der Waals surface area contributed by atoms with Gasteiger partial charge < -0.3 is 56.8 Å². The lowest BCUT2D eigenvalue weighted by molar-refractivity contribution is -0.155. The highest BCUT2D eigenvalue weighted by Crippen LogP contribution is 2.36. The Kier molecular flexibility index (Phi) is 75.0. The van der Waals surface area contributed by atoms with E-state index >= 15 is 0 Å². The van der Waals surface area contributed by atoms with Crippen molar-refractivity contribution >= 4 is 71.6 Å². The third-order valence-corrected chi connectivity index (χ3v) is 23.5. The van der Waals surface area contributed by atoms with Crippen molar-refractivity contribution < 1.29 is 114 Å². The number of carbonyl (C=O) groups is 12. The van der Waals surface area contributed by atoms with Crippen molar-refractivity contribution in [1.29, 1.82) is 0 Å². The first kappa shape index (κ1) is 117. The molecule has 0 bridgehead atoms. The molecule has 0 rings (SSSR count). The smallest absolute Gasteiger partial charge is 0.308 e. The van der Waals surface area contributed by atoms with E-state index < -0.39 is 125 Å². The highest BCUT2D eigenvalue weighted by molar-refractivity contribution is 5.79. The Morgan fingerprint density at radius 2 is 0.220 bits per heavy atom. The normalized spacial score (nSPS) is 14.3. The molecule has 0 radical (unpaired) electrons. The molecule has 24 heteroatoms. The van der Waals surface area contributed by atoms with Crippen molar-refractivity contribution in [1.82, 2.24) is 0 Å². The molecule has 716 valence electrons. The molecule has 0 aliphatic rings. The van der Waals surface area contributed by atoms with Crippen molar-refractivity contribution in [3.8, 4) is 0 Å². The van der Waals surface area contributed by atoms with Crippen molar-refractivity contribution in [2.24, 2.45) is 71.0 Å². The maximum atomic E-state index is 14.6. The molecule has 0 aromatic heterocycles. The van der Waals surface area contributed by atoms with Gasteiger partial charge in [0.1, 0.15) is 0 Å². The zero-order valence-electron chi connectivity index (χ0n) is 79.9. The molecule has 0 heterocycles. The van der Waals surface area contributed by atoms with E-state index in [1.807, 2.05) is 96.9 Å². The number of esters is 12. The van der Waals surface area contributed by atoms with Gasteiger partial charge in [0.05, 0.1) is 150 Å². The van der Waals surface area contributed by atoms with Gasteiger partial charge in [-0.3, -0.25) is 57.5 Å². The summed E-state index contributed by atoms with van der Waals surface area (Å²) in [6.45, 7) is 30.4. The minimum Gasteiger partial charge on any atom is -0.465 e. The topological polar surface area (TPSA) is 316 Å². The molecule has 12 atom stereocenters. The fourth-order valence-corrected chi connectivity index (χ4v) is 14.7. The summed E-state index contributed by atoms with van der Waals surface area (Å²) < 4.78 is 70.3. The molecule has 0 saturated heterocycles. The Morgan fingerprint density at radius 3 is 0.309 bits per heavy atom. The van der Waals surface area contributed by atoms with Crippen molar-refractivity contribution in [2.45, 2.75) is 412 Å². The van der Waals surface area contributed by atoms with Crippen LogP contribution in [0.3, 0.4) is 0 Å². The first-order valence-corrected chi connectivity index (χ1v) is 49.5. The standard InChI is InChI=1S/C99H176O24/c1-15-29-64-112-88(100)76(28-14)42-43-78(90(102)114-66-31-17-3)46-47-80(92(104)116-68-33-19-5)50-51-82(94(106)118-70-35-21-7)54-55-84(96(108)120-72-37-23-9)58-59-86(98(110)122-74-39-25-11)62-63-87(99(111)123-75-40-26-12)61-60-85(97(109)121-73-38-24-10)57-56-83(95(107)119-71-36-22-8)53-52-81(93(105)117-69-34-20-6)49-48-79(91(103)115-67-32-18-4)45-44-77(41-27-13)89(101)113-65-30-16-2/h76-87H,15-75H2,1-14H3. The Morgan fingerprint density at radius 1 is 0.130 bits per heavy atom. The van der Waals surface area contributed by atoms with E-state index in [0.29, 0.717) is 116 Å². The fourth-order valence-electron chi connectivity index (χ4n) is 14.7. The van der Waals surface area contributed by atoms with Gasteiger partial charge in [0.25, 0.3) is 0 Å². The zero-order chi connectivity index (χ0) is 91.5. The van der Waals surface area contributed by atoms with E-state index in [1.165, 1.54) is 0 Å². The Bertz CT molecular complexity index is 2720. The van der Waals surface area contributed by atoms with Gasteiger partial charge in [0, 0.05) is 0 Å². The Hall–Kier alpha value is -6.36. The van der Waals surface area contributed by atoms with Crippen molar-refractivity contribution in [3.05, 3.63) is 0 Å². The third kappa shape index (κ3) is 57.2. The van der Waals surface area contributed by atoms with E-state index in [2.05, 4.69) is 0 Å². The van der Waals surface area contributed by atoms with E-state index in [0.717, 1.165) is 96.3 Å².